The van der Waals surface area contributed by atoms with Crippen molar-refractivity contribution in [3.8, 4) is 28.4 Å². The molecule has 2 aromatic rings. The number of carbonyl (C=O) groups is 1. The molecule has 2 aromatic carbocycles. The topological polar surface area (TPSA) is 56.8 Å². The summed E-state index contributed by atoms with van der Waals surface area (Å²) in [4.78, 5) is 11.2. The molecule has 1 atom stereocenters. The standard InChI is InChI=1S/C19H23NO4/c1-12(20-13(2)21)14-6-8-15(9-7-14)16-10-17(22-3)19(24-5)18(11-16)23-4/h6-12H,1-5H3,(H,20,21)/t12-/m1/s1. The maximum absolute atomic E-state index is 11.2. The Bertz CT molecular complexity index is 685. The first-order valence-corrected chi connectivity index (χ1v) is 7.67. The molecule has 0 aliphatic carbocycles. The maximum Gasteiger partial charge on any atom is 0.217 e. The lowest BCUT2D eigenvalue weighted by Gasteiger charge is -2.15. The lowest BCUT2D eigenvalue weighted by atomic mass is 10.0. The smallest absolute Gasteiger partial charge is 0.217 e. The highest BCUT2D eigenvalue weighted by Gasteiger charge is 2.14. The number of nitrogens with one attached hydrogen (secondary N) is 1. The van der Waals surface area contributed by atoms with E-state index in [2.05, 4.69) is 5.32 Å². The molecule has 0 aliphatic heterocycles. The van der Waals surface area contributed by atoms with Crippen LogP contribution in [0.3, 0.4) is 0 Å². The molecule has 0 aliphatic rings. The molecule has 0 saturated heterocycles. The van der Waals surface area contributed by atoms with E-state index in [9.17, 15) is 4.79 Å². The minimum absolute atomic E-state index is 0.0310. The molecule has 0 spiro atoms. The van der Waals surface area contributed by atoms with Crippen LogP contribution in [-0.2, 0) is 4.79 Å². The molecule has 128 valence electrons. The maximum atomic E-state index is 11.2. The van der Waals surface area contributed by atoms with E-state index in [1.54, 1.807) is 21.3 Å². The molecule has 1 amide bonds. The molecule has 0 radical (unpaired) electrons. The highest BCUT2D eigenvalue weighted by Crippen LogP contribution is 2.41. The van der Waals surface area contributed by atoms with Gasteiger partial charge in [0.25, 0.3) is 0 Å². The summed E-state index contributed by atoms with van der Waals surface area (Å²) in [5.41, 5.74) is 3.03. The Kier molecular flexibility index (Phi) is 5.68. The van der Waals surface area contributed by atoms with E-state index in [4.69, 9.17) is 14.2 Å². The number of carbonyl (C=O) groups excluding carboxylic acids is 1. The third kappa shape index (κ3) is 3.79. The third-order valence-corrected chi connectivity index (χ3v) is 3.83. The summed E-state index contributed by atoms with van der Waals surface area (Å²) >= 11 is 0. The van der Waals surface area contributed by atoms with Gasteiger partial charge in [-0.25, -0.2) is 0 Å². The average molecular weight is 329 g/mol. The summed E-state index contributed by atoms with van der Waals surface area (Å²) in [5, 5.41) is 2.87. The second-order valence-electron chi connectivity index (χ2n) is 5.46. The average Bonchev–Trinajstić information content (AvgIpc) is 2.59. The lowest BCUT2D eigenvalue weighted by Crippen LogP contribution is -2.23. The van der Waals surface area contributed by atoms with E-state index in [0.29, 0.717) is 17.2 Å². The van der Waals surface area contributed by atoms with Crippen molar-refractivity contribution in [1.29, 1.82) is 0 Å². The Morgan fingerprint density at radius 1 is 0.917 bits per heavy atom. The van der Waals surface area contributed by atoms with Gasteiger partial charge < -0.3 is 19.5 Å². The predicted molar refractivity (Wildman–Crippen MR) is 93.8 cm³/mol. The van der Waals surface area contributed by atoms with Crippen LogP contribution >= 0.6 is 0 Å². The van der Waals surface area contributed by atoms with Crippen LogP contribution in [0, 0.1) is 0 Å². The van der Waals surface area contributed by atoms with Crippen LogP contribution < -0.4 is 19.5 Å². The fourth-order valence-corrected chi connectivity index (χ4v) is 2.60. The number of ether oxygens (including phenoxy) is 3. The van der Waals surface area contributed by atoms with Crippen molar-refractivity contribution >= 4 is 5.91 Å². The highest BCUT2D eigenvalue weighted by molar-refractivity contribution is 5.74. The number of amides is 1. The van der Waals surface area contributed by atoms with Crippen LogP contribution in [0.25, 0.3) is 11.1 Å². The van der Waals surface area contributed by atoms with Crippen LogP contribution in [0.5, 0.6) is 17.2 Å². The second kappa shape index (κ2) is 7.73. The minimum Gasteiger partial charge on any atom is -0.493 e. The van der Waals surface area contributed by atoms with Gasteiger partial charge in [-0.05, 0) is 35.7 Å². The van der Waals surface area contributed by atoms with E-state index in [-0.39, 0.29) is 11.9 Å². The summed E-state index contributed by atoms with van der Waals surface area (Å²) in [6.07, 6.45) is 0. The van der Waals surface area contributed by atoms with E-state index in [1.807, 2.05) is 43.3 Å². The molecule has 0 unspecified atom stereocenters. The summed E-state index contributed by atoms with van der Waals surface area (Å²) < 4.78 is 16.1. The molecule has 24 heavy (non-hydrogen) atoms. The van der Waals surface area contributed by atoms with Crippen molar-refractivity contribution in [2.24, 2.45) is 0 Å². The number of hydrogen-bond acceptors (Lipinski definition) is 4. The predicted octanol–water partition coefficient (Wildman–Crippen LogP) is 3.58. The first-order valence-electron chi connectivity index (χ1n) is 7.67. The molecule has 0 fully saturated rings. The van der Waals surface area contributed by atoms with Gasteiger partial charge in [-0.1, -0.05) is 24.3 Å². The normalized spacial score (nSPS) is 11.5. The van der Waals surface area contributed by atoms with Gasteiger partial charge in [0.1, 0.15) is 0 Å². The Hall–Kier alpha value is -2.69. The number of hydrogen-bond donors (Lipinski definition) is 1. The summed E-state index contributed by atoms with van der Waals surface area (Å²) in [6, 6.07) is 11.8. The minimum atomic E-state index is -0.0452. The van der Waals surface area contributed by atoms with E-state index in [1.165, 1.54) is 6.92 Å². The second-order valence-corrected chi connectivity index (χ2v) is 5.46. The number of benzene rings is 2. The first kappa shape index (κ1) is 17.7. The molecule has 2 rings (SSSR count). The van der Waals surface area contributed by atoms with Crippen molar-refractivity contribution in [2.75, 3.05) is 21.3 Å². The fourth-order valence-electron chi connectivity index (χ4n) is 2.60. The summed E-state index contributed by atoms with van der Waals surface area (Å²) in [7, 11) is 4.77. The molecular formula is C19H23NO4. The van der Waals surface area contributed by atoms with Gasteiger partial charge in [-0.15, -0.1) is 0 Å². The van der Waals surface area contributed by atoms with E-state index < -0.39 is 0 Å². The molecule has 5 heteroatoms. The van der Waals surface area contributed by atoms with Crippen LogP contribution in [0.1, 0.15) is 25.5 Å². The molecule has 0 heterocycles. The van der Waals surface area contributed by atoms with Crippen molar-refractivity contribution < 1.29 is 19.0 Å². The SMILES string of the molecule is COc1cc(-c2ccc([C@@H](C)NC(C)=O)cc2)cc(OC)c1OC. The third-order valence-electron chi connectivity index (χ3n) is 3.83. The van der Waals surface area contributed by atoms with E-state index >= 15 is 0 Å². The van der Waals surface area contributed by atoms with Crippen molar-refractivity contribution in [1.82, 2.24) is 5.32 Å². The monoisotopic (exact) mass is 329 g/mol. The molecular weight excluding hydrogens is 306 g/mol. The van der Waals surface area contributed by atoms with Gasteiger partial charge in [-0.2, -0.15) is 0 Å². The summed E-state index contributed by atoms with van der Waals surface area (Å²) in [6.45, 7) is 3.47. The molecule has 5 nitrogen and oxygen atoms in total. The van der Waals surface area contributed by atoms with Gasteiger partial charge in [0.05, 0.1) is 27.4 Å². The quantitative estimate of drug-likeness (QED) is 0.880. The van der Waals surface area contributed by atoms with Gasteiger partial charge in [0.2, 0.25) is 11.7 Å². The Balaban J connectivity index is 2.36. The zero-order chi connectivity index (χ0) is 17.7. The van der Waals surface area contributed by atoms with Gasteiger partial charge in [0.15, 0.2) is 11.5 Å². The number of methoxy groups -OCH3 is 3. The van der Waals surface area contributed by atoms with Crippen LogP contribution in [0.15, 0.2) is 36.4 Å². The highest BCUT2D eigenvalue weighted by atomic mass is 16.5. The molecule has 0 saturated carbocycles. The van der Waals surface area contributed by atoms with Crippen LogP contribution in [-0.4, -0.2) is 27.2 Å². The number of rotatable bonds is 6. The van der Waals surface area contributed by atoms with Gasteiger partial charge in [0, 0.05) is 6.92 Å². The largest absolute Gasteiger partial charge is 0.493 e. The Morgan fingerprint density at radius 3 is 1.88 bits per heavy atom. The van der Waals surface area contributed by atoms with Crippen molar-refractivity contribution in [3.63, 3.8) is 0 Å². The zero-order valence-corrected chi connectivity index (χ0v) is 14.7. The Morgan fingerprint density at radius 2 is 1.46 bits per heavy atom. The van der Waals surface area contributed by atoms with Crippen LogP contribution in [0.4, 0.5) is 0 Å². The molecule has 1 N–H and O–H groups in total. The molecule has 0 aromatic heterocycles. The molecule has 0 bridgehead atoms. The van der Waals surface area contributed by atoms with Crippen LogP contribution in [0.2, 0.25) is 0 Å². The van der Waals surface area contributed by atoms with Crippen molar-refractivity contribution in [2.45, 2.75) is 19.9 Å². The first-order chi connectivity index (χ1) is 11.5. The Labute approximate surface area is 142 Å². The van der Waals surface area contributed by atoms with Gasteiger partial charge in [-0.3, -0.25) is 4.79 Å². The summed E-state index contributed by atoms with van der Waals surface area (Å²) in [5.74, 6) is 1.75. The zero-order valence-electron chi connectivity index (χ0n) is 14.7. The fraction of sp³-hybridized carbons (Fsp3) is 0.316. The van der Waals surface area contributed by atoms with E-state index in [0.717, 1.165) is 16.7 Å². The van der Waals surface area contributed by atoms with Crippen molar-refractivity contribution in [3.05, 3.63) is 42.0 Å². The van der Waals surface area contributed by atoms with Gasteiger partial charge >= 0.3 is 0 Å². The lowest BCUT2D eigenvalue weighted by molar-refractivity contribution is -0.119.